The summed E-state index contributed by atoms with van der Waals surface area (Å²) in [7, 11) is 0. The first kappa shape index (κ1) is 30.2. The quantitative estimate of drug-likeness (QED) is 0.241. The summed E-state index contributed by atoms with van der Waals surface area (Å²) >= 11 is 5.86. The van der Waals surface area contributed by atoms with Crippen molar-refractivity contribution in [2.45, 2.75) is 37.7 Å². The van der Waals surface area contributed by atoms with E-state index in [1.807, 2.05) is 0 Å². The van der Waals surface area contributed by atoms with Crippen LogP contribution in [0.2, 0.25) is 5.02 Å². The summed E-state index contributed by atoms with van der Waals surface area (Å²) in [6.45, 7) is 1.45. The molecule has 1 unspecified atom stereocenters. The molecule has 0 saturated heterocycles. The van der Waals surface area contributed by atoms with Gasteiger partial charge < -0.3 is 10.2 Å². The van der Waals surface area contributed by atoms with Crippen molar-refractivity contribution < 1.29 is 49.1 Å². The summed E-state index contributed by atoms with van der Waals surface area (Å²) < 4.78 is 121. The van der Waals surface area contributed by atoms with Crippen molar-refractivity contribution in [3.63, 3.8) is 0 Å². The van der Waals surface area contributed by atoms with Gasteiger partial charge in [0.2, 0.25) is 0 Å². The number of aryl methyl sites for hydroxylation is 1. The van der Waals surface area contributed by atoms with Gasteiger partial charge in [0.1, 0.15) is 0 Å². The fourth-order valence-electron chi connectivity index (χ4n) is 4.14. The number of hydrogen-bond acceptors (Lipinski definition) is 4. The second kappa shape index (κ2) is 10.9. The van der Waals surface area contributed by atoms with Gasteiger partial charge in [-0.2, -0.15) is 26.3 Å². The second-order valence-corrected chi connectivity index (χ2v) is 9.48. The highest BCUT2D eigenvalue weighted by molar-refractivity contribution is 6.31. The molecule has 2 aromatic carbocycles. The van der Waals surface area contributed by atoms with Gasteiger partial charge in [-0.25, -0.2) is 13.2 Å². The minimum absolute atomic E-state index is 0.0120. The molecular formula is C26H17ClF9N3O2. The lowest BCUT2D eigenvalue weighted by Gasteiger charge is -2.29. The summed E-state index contributed by atoms with van der Waals surface area (Å²) in [5.41, 5.74) is -4.88. The molecule has 15 heteroatoms. The molecule has 2 heterocycles. The first-order valence-electron chi connectivity index (χ1n) is 11.6. The number of pyridine rings is 1. The monoisotopic (exact) mass is 609 g/mol. The number of carbonyl (C=O) groups is 1. The van der Waals surface area contributed by atoms with E-state index in [0.717, 1.165) is 6.07 Å². The highest BCUT2D eigenvalue weighted by atomic mass is 35.5. The standard InChI is InChI=1S/C26H17ClF9N3O2/c1-12-6-13(21-10-24(41-39-21,26(34,35)36)14-8-18(28)22(30)19(29)9-14)2-3-16(12)23(40)37-5-4-20-17(27)7-15(11-38-20)25(31,32)33/h2-3,6-9,11H,4-5,10H2,1H3,(H,37,40). The van der Waals surface area contributed by atoms with E-state index in [9.17, 15) is 44.3 Å². The molecule has 0 bridgehead atoms. The zero-order valence-corrected chi connectivity index (χ0v) is 21.4. The molecule has 1 amide bonds. The second-order valence-electron chi connectivity index (χ2n) is 9.07. The Bertz CT molecular complexity index is 1520. The molecule has 5 nitrogen and oxygen atoms in total. The molecule has 0 saturated carbocycles. The highest BCUT2D eigenvalue weighted by Crippen LogP contribution is 2.49. The van der Waals surface area contributed by atoms with Gasteiger partial charge in [0.05, 0.1) is 22.0 Å². The maximum atomic E-state index is 14.1. The van der Waals surface area contributed by atoms with Crippen molar-refractivity contribution in [1.82, 2.24) is 10.3 Å². The van der Waals surface area contributed by atoms with Crippen molar-refractivity contribution in [2.24, 2.45) is 5.16 Å². The molecule has 1 atom stereocenters. The molecule has 1 N–H and O–H groups in total. The maximum Gasteiger partial charge on any atom is 0.435 e. The SMILES string of the molecule is Cc1cc(C2=NOC(c3cc(F)c(F)c(F)c3)(C(F)(F)F)C2)ccc1C(=O)NCCc1ncc(C(F)(F)F)cc1Cl. The Balaban J connectivity index is 1.47. The van der Waals surface area contributed by atoms with Crippen LogP contribution < -0.4 is 5.32 Å². The van der Waals surface area contributed by atoms with Gasteiger partial charge in [-0.3, -0.25) is 9.78 Å². The van der Waals surface area contributed by atoms with Crippen LogP contribution in [0.25, 0.3) is 0 Å². The number of halogens is 10. The smallest absolute Gasteiger partial charge is 0.374 e. The van der Waals surface area contributed by atoms with Crippen molar-refractivity contribution in [2.75, 3.05) is 6.54 Å². The van der Waals surface area contributed by atoms with Crippen molar-refractivity contribution in [3.05, 3.63) is 98.6 Å². The Morgan fingerprint density at radius 1 is 1.05 bits per heavy atom. The van der Waals surface area contributed by atoms with Gasteiger partial charge in [-0.1, -0.05) is 22.8 Å². The third kappa shape index (κ3) is 5.97. The Kier molecular flexibility index (Phi) is 8.00. The van der Waals surface area contributed by atoms with Crippen LogP contribution in [0.3, 0.4) is 0 Å². The molecule has 3 aromatic rings. The first-order valence-corrected chi connectivity index (χ1v) is 12.0. The largest absolute Gasteiger partial charge is 0.435 e. The molecule has 1 aromatic heterocycles. The molecule has 1 aliphatic rings. The van der Waals surface area contributed by atoms with E-state index in [2.05, 4.69) is 15.5 Å². The molecule has 0 fully saturated rings. The lowest BCUT2D eigenvalue weighted by Crippen LogP contribution is -2.43. The predicted octanol–water partition coefficient (Wildman–Crippen LogP) is 7.03. The molecule has 41 heavy (non-hydrogen) atoms. The van der Waals surface area contributed by atoms with Crippen LogP contribution in [-0.4, -0.2) is 29.3 Å². The van der Waals surface area contributed by atoms with Crippen LogP contribution in [0.5, 0.6) is 0 Å². The number of amides is 1. The summed E-state index contributed by atoms with van der Waals surface area (Å²) in [6, 6.07) is 5.05. The van der Waals surface area contributed by atoms with Gasteiger partial charge in [0.15, 0.2) is 17.5 Å². The van der Waals surface area contributed by atoms with Crippen LogP contribution in [0.15, 0.2) is 47.8 Å². The van der Waals surface area contributed by atoms with Crippen molar-refractivity contribution in [3.8, 4) is 0 Å². The molecule has 0 radical (unpaired) electrons. The number of rotatable bonds is 6. The fraction of sp³-hybridized carbons (Fsp3) is 0.269. The van der Waals surface area contributed by atoms with E-state index in [1.54, 1.807) is 0 Å². The molecular weight excluding hydrogens is 593 g/mol. The van der Waals surface area contributed by atoms with E-state index in [1.165, 1.54) is 25.1 Å². The van der Waals surface area contributed by atoms with E-state index < -0.39 is 58.9 Å². The third-order valence-electron chi connectivity index (χ3n) is 6.33. The number of nitrogens with one attached hydrogen (secondary N) is 1. The predicted molar refractivity (Wildman–Crippen MR) is 128 cm³/mol. The Morgan fingerprint density at radius 3 is 2.27 bits per heavy atom. The third-order valence-corrected chi connectivity index (χ3v) is 6.66. The number of carbonyl (C=O) groups excluding carboxylic acids is 1. The lowest BCUT2D eigenvalue weighted by atomic mass is 9.86. The number of hydrogen-bond donors (Lipinski definition) is 1. The average Bonchev–Trinajstić information content (AvgIpc) is 3.34. The van der Waals surface area contributed by atoms with Crippen molar-refractivity contribution >= 4 is 23.2 Å². The van der Waals surface area contributed by atoms with Gasteiger partial charge in [-0.15, -0.1) is 0 Å². The van der Waals surface area contributed by atoms with Gasteiger partial charge in [0.25, 0.3) is 11.5 Å². The Hall–Kier alpha value is -3.81. The summed E-state index contributed by atoms with van der Waals surface area (Å²) in [5.74, 6) is -6.19. The zero-order valence-electron chi connectivity index (χ0n) is 20.7. The van der Waals surface area contributed by atoms with Crippen LogP contribution in [0.4, 0.5) is 39.5 Å². The molecule has 1 aliphatic heterocycles. The van der Waals surface area contributed by atoms with Crippen molar-refractivity contribution in [1.29, 1.82) is 0 Å². The van der Waals surface area contributed by atoms with Crippen LogP contribution in [0, 0.1) is 24.4 Å². The van der Waals surface area contributed by atoms with Gasteiger partial charge in [0, 0.05) is 36.7 Å². The Labute approximate surface area is 231 Å². The number of oxime groups is 1. The van der Waals surface area contributed by atoms with E-state index >= 15 is 0 Å². The molecule has 218 valence electrons. The maximum absolute atomic E-state index is 14.1. The normalized spacial score (nSPS) is 17.3. The fourth-order valence-corrected chi connectivity index (χ4v) is 4.40. The molecule has 0 spiro atoms. The topological polar surface area (TPSA) is 63.6 Å². The van der Waals surface area contributed by atoms with Gasteiger partial charge >= 0.3 is 12.4 Å². The Morgan fingerprint density at radius 2 is 1.71 bits per heavy atom. The summed E-state index contributed by atoms with van der Waals surface area (Å²) in [6.07, 6.45) is -10.2. The van der Waals surface area contributed by atoms with Crippen LogP contribution in [-0.2, 0) is 23.0 Å². The average molecular weight is 610 g/mol. The van der Waals surface area contributed by atoms with E-state index in [-0.39, 0.29) is 52.7 Å². The minimum atomic E-state index is -5.20. The summed E-state index contributed by atoms with van der Waals surface area (Å²) in [5, 5.41) is 5.81. The zero-order chi connectivity index (χ0) is 30.3. The lowest BCUT2D eigenvalue weighted by molar-refractivity contribution is -0.276. The van der Waals surface area contributed by atoms with Crippen LogP contribution >= 0.6 is 11.6 Å². The number of nitrogens with zero attached hydrogens (tertiary/aromatic N) is 2. The first-order chi connectivity index (χ1) is 19.0. The number of benzene rings is 2. The van der Waals surface area contributed by atoms with Crippen LogP contribution in [0.1, 0.15) is 44.7 Å². The minimum Gasteiger partial charge on any atom is -0.374 e. The molecule has 4 rings (SSSR count). The van der Waals surface area contributed by atoms with Gasteiger partial charge in [-0.05, 0) is 48.4 Å². The number of alkyl halides is 6. The summed E-state index contributed by atoms with van der Waals surface area (Å²) in [4.78, 5) is 21.0. The highest BCUT2D eigenvalue weighted by Gasteiger charge is 2.62. The van der Waals surface area contributed by atoms with E-state index in [4.69, 9.17) is 16.4 Å². The molecule has 0 aliphatic carbocycles. The number of aromatic nitrogens is 1. The van der Waals surface area contributed by atoms with E-state index in [0.29, 0.717) is 11.8 Å².